The topological polar surface area (TPSA) is 68.0 Å². The van der Waals surface area contributed by atoms with Gasteiger partial charge in [-0.2, -0.15) is 0 Å². The minimum absolute atomic E-state index is 0. The van der Waals surface area contributed by atoms with E-state index in [0.717, 1.165) is 24.5 Å². The first-order valence-corrected chi connectivity index (χ1v) is 7.29. The van der Waals surface area contributed by atoms with Crippen LogP contribution < -0.4 is 15.4 Å². The summed E-state index contributed by atoms with van der Waals surface area (Å²) in [5.41, 5.74) is 6.83. The Morgan fingerprint density at radius 1 is 1.32 bits per heavy atom. The minimum Gasteiger partial charge on any atom is -0.455 e. The quantitative estimate of drug-likeness (QED) is 0.909. The van der Waals surface area contributed by atoms with Gasteiger partial charge in [-0.05, 0) is 26.0 Å². The molecule has 1 fully saturated rings. The molecule has 0 spiro atoms. The molecule has 3 rings (SSSR count). The fourth-order valence-corrected chi connectivity index (χ4v) is 2.93. The number of nitrogens with zero attached hydrogens (tertiary/aromatic N) is 2. The normalized spacial score (nSPS) is 21.2. The number of fused-ring (bicyclic) bond motifs is 1. The van der Waals surface area contributed by atoms with Crippen molar-refractivity contribution < 1.29 is 14.3 Å². The van der Waals surface area contributed by atoms with Crippen LogP contribution in [0.4, 0.5) is 5.69 Å². The van der Waals surface area contributed by atoms with E-state index in [1.165, 1.54) is 0 Å². The lowest BCUT2D eigenvalue weighted by molar-refractivity contribution is -0.0404. The highest BCUT2D eigenvalue weighted by molar-refractivity contribution is 6.00. The van der Waals surface area contributed by atoms with Crippen LogP contribution in [0.15, 0.2) is 18.2 Å². The average molecular weight is 328 g/mol. The fourth-order valence-electron chi connectivity index (χ4n) is 2.93. The van der Waals surface area contributed by atoms with Gasteiger partial charge in [0.25, 0.3) is 5.91 Å². The SMILES string of the molecule is CC(C)N1c2c(cccc2C(N)=O)O[C@H]1N1CCOCC1.Cl. The second-order valence-electron chi connectivity index (χ2n) is 5.61. The van der Waals surface area contributed by atoms with Crippen molar-refractivity contribution in [3.05, 3.63) is 23.8 Å². The van der Waals surface area contributed by atoms with Crippen LogP contribution in [-0.4, -0.2) is 49.5 Å². The maximum Gasteiger partial charge on any atom is 0.250 e. The van der Waals surface area contributed by atoms with Crippen LogP contribution in [0.2, 0.25) is 0 Å². The molecule has 1 atom stereocenters. The molecule has 0 saturated carbocycles. The molecule has 0 unspecified atom stereocenters. The van der Waals surface area contributed by atoms with E-state index >= 15 is 0 Å². The molecule has 2 aliphatic heterocycles. The van der Waals surface area contributed by atoms with Gasteiger partial charge >= 0.3 is 0 Å². The Bertz CT molecular complexity index is 547. The van der Waals surface area contributed by atoms with E-state index in [-0.39, 0.29) is 24.8 Å². The van der Waals surface area contributed by atoms with Gasteiger partial charge in [-0.1, -0.05) is 6.07 Å². The van der Waals surface area contributed by atoms with E-state index in [2.05, 4.69) is 23.6 Å². The number of ether oxygens (including phenoxy) is 2. The van der Waals surface area contributed by atoms with E-state index in [0.29, 0.717) is 18.8 Å². The van der Waals surface area contributed by atoms with E-state index in [1.807, 2.05) is 6.07 Å². The van der Waals surface area contributed by atoms with E-state index in [4.69, 9.17) is 15.2 Å². The fraction of sp³-hybridized carbons (Fsp3) is 0.533. The monoisotopic (exact) mass is 327 g/mol. The molecule has 0 radical (unpaired) electrons. The molecule has 1 saturated heterocycles. The number of primary amides is 1. The highest BCUT2D eigenvalue weighted by Gasteiger charge is 2.39. The van der Waals surface area contributed by atoms with E-state index < -0.39 is 5.91 Å². The number of halogens is 1. The summed E-state index contributed by atoms with van der Waals surface area (Å²) in [5.74, 6) is 0.292. The van der Waals surface area contributed by atoms with Crippen molar-refractivity contribution in [2.24, 2.45) is 5.73 Å². The van der Waals surface area contributed by atoms with Crippen molar-refractivity contribution >= 4 is 24.0 Å². The minimum atomic E-state index is -0.427. The number of nitrogens with two attached hydrogens (primary N) is 1. The van der Waals surface area contributed by atoms with Crippen molar-refractivity contribution in [3.8, 4) is 5.75 Å². The Labute approximate surface area is 136 Å². The van der Waals surface area contributed by atoms with Gasteiger partial charge in [-0.3, -0.25) is 4.79 Å². The second kappa shape index (κ2) is 6.73. The molecule has 6 nitrogen and oxygen atoms in total. The summed E-state index contributed by atoms with van der Waals surface area (Å²) >= 11 is 0. The molecule has 2 aliphatic rings. The summed E-state index contributed by atoms with van der Waals surface area (Å²) < 4.78 is 11.5. The maximum absolute atomic E-state index is 11.7. The lowest BCUT2D eigenvalue weighted by Gasteiger charge is -2.38. The number of benzene rings is 1. The predicted octanol–water partition coefficient (Wildman–Crippen LogP) is 1.43. The summed E-state index contributed by atoms with van der Waals surface area (Å²) in [6.07, 6.45) is -0.204. The van der Waals surface area contributed by atoms with Gasteiger partial charge in [0, 0.05) is 19.1 Å². The van der Waals surface area contributed by atoms with Gasteiger partial charge in [0.2, 0.25) is 6.35 Å². The Morgan fingerprint density at radius 3 is 2.59 bits per heavy atom. The van der Waals surface area contributed by atoms with Gasteiger partial charge in [0.15, 0.2) is 0 Å². The zero-order chi connectivity index (χ0) is 15.0. The summed E-state index contributed by atoms with van der Waals surface area (Å²) in [4.78, 5) is 16.1. The number of amides is 1. The van der Waals surface area contributed by atoms with Gasteiger partial charge in [0.1, 0.15) is 5.75 Å². The molecule has 22 heavy (non-hydrogen) atoms. The Morgan fingerprint density at radius 2 is 2.00 bits per heavy atom. The van der Waals surface area contributed by atoms with Crippen LogP contribution in [-0.2, 0) is 4.74 Å². The molecule has 2 heterocycles. The highest BCUT2D eigenvalue weighted by atomic mass is 35.5. The first kappa shape index (κ1) is 16.9. The van der Waals surface area contributed by atoms with Crippen LogP contribution >= 0.6 is 12.4 Å². The van der Waals surface area contributed by atoms with Crippen molar-refractivity contribution in [2.75, 3.05) is 31.2 Å². The van der Waals surface area contributed by atoms with Gasteiger partial charge < -0.3 is 20.1 Å². The number of carbonyl (C=O) groups excluding carboxylic acids is 1. The zero-order valence-corrected chi connectivity index (χ0v) is 13.6. The zero-order valence-electron chi connectivity index (χ0n) is 12.8. The van der Waals surface area contributed by atoms with E-state index in [1.54, 1.807) is 12.1 Å². The molecule has 122 valence electrons. The van der Waals surface area contributed by atoms with Crippen molar-refractivity contribution in [2.45, 2.75) is 26.2 Å². The van der Waals surface area contributed by atoms with Crippen molar-refractivity contribution in [1.29, 1.82) is 0 Å². The number of hydrogen-bond acceptors (Lipinski definition) is 5. The lowest BCUT2D eigenvalue weighted by atomic mass is 10.1. The first-order valence-electron chi connectivity index (χ1n) is 7.29. The predicted molar refractivity (Wildman–Crippen MR) is 86.6 cm³/mol. The van der Waals surface area contributed by atoms with Gasteiger partial charge in [-0.25, -0.2) is 4.90 Å². The van der Waals surface area contributed by atoms with Crippen LogP contribution in [0.3, 0.4) is 0 Å². The third-order valence-corrected chi connectivity index (χ3v) is 3.91. The Kier molecular flexibility index (Phi) is 5.16. The first-order chi connectivity index (χ1) is 10.1. The molecule has 1 amide bonds. The summed E-state index contributed by atoms with van der Waals surface area (Å²) in [7, 11) is 0. The number of anilines is 1. The van der Waals surface area contributed by atoms with Gasteiger partial charge in [0.05, 0.1) is 24.5 Å². The van der Waals surface area contributed by atoms with E-state index in [9.17, 15) is 4.79 Å². The molecule has 7 heteroatoms. The van der Waals surface area contributed by atoms with Crippen LogP contribution in [0.25, 0.3) is 0 Å². The smallest absolute Gasteiger partial charge is 0.250 e. The summed E-state index contributed by atoms with van der Waals surface area (Å²) in [5, 5.41) is 0. The number of morpholine rings is 1. The van der Waals surface area contributed by atoms with Crippen molar-refractivity contribution in [3.63, 3.8) is 0 Å². The molecule has 1 aromatic rings. The molecule has 0 bridgehead atoms. The van der Waals surface area contributed by atoms with Gasteiger partial charge in [-0.15, -0.1) is 12.4 Å². The third kappa shape index (κ3) is 2.86. The number of hydrogen-bond donors (Lipinski definition) is 1. The number of para-hydroxylation sites is 1. The number of rotatable bonds is 3. The second-order valence-corrected chi connectivity index (χ2v) is 5.61. The summed E-state index contributed by atoms with van der Waals surface area (Å²) in [6, 6.07) is 5.64. The molecular weight excluding hydrogens is 306 g/mol. The lowest BCUT2D eigenvalue weighted by Crippen LogP contribution is -2.55. The third-order valence-electron chi connectivity index (χ3n) is 3.91. The van der Waals surface area contributed by atoms with Crippen LogP contribution in [0.5, 0.6) is 5.75 Å². The molecule has 0 aliphatic carbocycles. The van der Waals surface area contributed by atoms with Crippen molar-refractivity contribution in [1.82, 2.24) is 4.90 Å². The standard InChI is InChI=1S/C15H21N3O3.ClH/c1-10(2)18-13-11(14(16)19)4-3-5-12(13)21-15(18)17-6-8-20-9-7-17;/h3-5,10,15H,6-9H2,1-2H3,(H2,16,19);1H/t15-;/m0./s1. The molecule has 0 aromatic heterocycles. The van der Waals surface area contributed by atoms with Crippen LogP contribution in [0.1, 0.15) is 24.2 Å². The average Bonchev–Trinajstić information content (AvgIpc) is 2.87. The Hall–Kier alpha value is -1.50. The van der Waals surface area contributed by atoms with Crippen LogP contribution in [0, 0.1) is 0 Å². The Balaban J connectivity index is 0.00000176. The largest absolute Gasteiger partial charge is 0.455 e. The number of carbonyl (C=O) groups is 1. The molecule has 1 aromatic carbocycles. The summed E-state index contributed by atoms with van der Waals surface area (Å²) in [6.45, 7) is 7.20. The molecular formula is C15H22ClN3O3. The highest BCUT2D eigenvalue weighted by Crippen LogP contribution is 2.42. The molecule has 2 N–H and O–H groups in total. The maximum atomic E-state index is 11.7.